The van der Waals surface area contributed by atoms with Crippen LogP contribution in [0.2, 0.25) is 0 Å². The highest BCUT2D eigenvalue weighted by atomic mass is 16.2. The Hall–Kier alpha value is -1.84. The molecule has 2 rings (SSSR count). The molecule has 1 aromatic rings. The zero-order valence-electron chi connectivity index (χ0n) is 15.0. The molecule has 0 aromatic heterocycles. The van der Waals surface area contributed by atoms with Crippen LogP contribution in [0.4, 0.5) is 5.69 Å². The Morgan fingerprint density at radius 1 is 1.04 bits per heavy atom. The molecule has 0 atom stereocenters. The van der Waals surface area contributed by atoms with E-state index in [0.717, 1.165) is 35.6 Å². The molecule has 24 heavy (non-hydrogen) atoms. The highest BCUT2D eigenvalue weighted by Crippen LogP contribution is 2.27. The number of amides is 2. The van der Waals surface area contributed by atoms with Gasteiger partial charge in [-0.05, 0) is 43.7 Å². The van der Waals surface area contributed by atoms with E-state index in [9.17, 15) is 9.59 Å². The number of carbonyl (C=O) groups is 2. The highest BCUT2D eigenvalue weighted by Gasteiger charge is 2.14. The van der Waals surface area contributed by atoms with Crippen molar-refractivity contribution in [1.29, 1.82) is 0 Å². The minimum atomic E-state index is -0.173. The maximum absolute atomic E-state index is 12.0. The lowest BCUT2D eigenvalue weighted by atomic mass is 9.86. The fraction of sp³-hybridized carbons (Fsp3) is 0.600. The van der Waals surface area contributed by atoms with Gasteiger partial charge in [0, 0.05) is 12.1 Å². The van der Waals surface area contributed by atoms with Gasteiger partial charge in [-0.1, -0.05) is 50.3 Å². The molecule has 132 valence electrons. The Balaban J connectivity index is 1.65. The Morgan fingerprint density at radius 3 is 2.38 bits per heavy atom. The van der Waals surface area contributed by atoms with Gasteiger partial charge in [-0.2, -0.15) is 0 Å². The van der Waals surface area contributed by atoms with Gasteiger partial charge < -0.3 is 10.6 Å². The zero-order chi connectivity index (χ0) is 17.4. The second kappa shape index (κ2) is 9.45. The Kier molecular flexibility index (Phi) is 7.29. The Bertz CT molecular complexity index is 543. The minimum absolute atomic E-state index is 0.0255. The maximum Gasteiger partial charge on any atom is 0.243 e. The third-order valence-electron chi connectivity index (χ3n) is 4.93. The molecule has 2 N–H and O–H groups in total. The van der Waals surface area contributed by atoms with Gasteiger partial charge in [0.2, 0.25) is 11.8 Å². The molecule has 1 aliphatic carbocycles. The SMILES string of the molecule is Cc1cccc(C)c1NC(=O)CNC(=O)CCCC1CCCCC1. The monoisotopic (exact) mass is 330 g/mol. The van der Waals surface area contributed by atoms with Crippen LogP contribution in [-0.4, -0.2) is 18.4 Å². The van der Waals surface area contributed by atoms with Gasteiger partial charge in [-0.15, -0.1) is 0 Å². The summed E-state index contributed by atoms with van der Waals surface area (Å²) in [4.78, 5) is 23.9. The molecule has 0 radical (unpaired) electrons. The number of nitrogens with one attached hydrogen (secondary N) is 2. The molecule has 0 bridgehead atoms. The van der Waals surface area contributed by atoms with Crippen LogP contribution < -0.4 is 10.6 Å². The highest BCUT2D eigenvalue weighted by molar-refractivity contribution is 5.95. The van der Waals surface area contributed by atoms with Crippen LogP contribution in [0.1, 0.15) is 62.5 Å². The number of hydrogen-bond donors (Lipinski definition) is 2. The third kappa shape index (κ3) is 5.99. The number of aryl methyl sites for hydroxylation is 2. The molecule has 4 heteroatoms. The van der Waals surface area contributed by atoms with Crippen molar-refractivity contribution in [3.05, 3.63) is 29.3 Å². The molecule has 0 saturated heterocycles. The van der Waals surface area contributed by atoms with Gasteiger partial charge in [0.1, 0.15) is 0 Å². The second-order valence-electron chi connectivity index (χ2n) is 6.99. The largest absolute Gasteiger partial charge is 0.347 e. The van der Waals surface area contributed by atoms with E-state index >= 15 is 0 Å². The normalized spacial score (nSPS) is 15.1. The van der Waals surface area contributed by atoms with Gasteiger partial charge in [-0.25, -0.2) is 0 Å². The fourth-order valence-electron chi connectivity index (χ4n) is 3.49. The van der Waals surface area contributed by atoms with E-state index in [1.165, 1.54) is 32.1 Å². The van der Waals surface area contributed by atoms with Crippen molar-refractivity contribution in [2.45, 2.75) is 65.2 Å². The van der Waals surface area contributed by atoms with Gasteiger partial charge in [0.25, 0.3) is 0 Å². The molecule has 4 nitrogen and oxygen atoms in total. The van der Waals surface area contributed by atoms with Gasteiger partial charge in [0.15, 0.2) is 0 Å². The van der Waals surface area contributed by atoms with Crippen molar-refractivity contribution in [2.75, 3.05) is 11.9 Å². The lowest BCUT2D eigenvalue weighted by Gasteiger charge is -2.21. The molecule has 1 saturated carbocycles. The van der Waals surface area contributed by atoms with Gasteiger partial charge in [0.05, 0.1) is 6.54 Å². The van der Waals surface area contributed by atoms with Crippen LogP contribution in [0.5, 0.6) is 0 Å². The zero-order valence-corrected chi connectivity index (χ0v) is 15.0. The molecular formula is C20H30N2O2. The van der Waals surface area contributed by atoms with E-state index < -0.39 is 0 Å². The average molecular weight is 330 g/mol. The molecular weight excluding hydrogens is 300 g/mol. The van der Waals surface area contributed by atoms with Crippen molar-refractivity contribution < 1.29 is 9.59 Å². The van der Waals surface area contributed by atoms with Crippen LogP contribution in [0.15, 0.2) is 18.2 Å². The molecule has 1 fully saturated rings. The lowest BCUT2D eigenvalue weighted by molar-refractivity contribution is -0.124. The van der Waals surface area contributed by atoms with E-state index in [0.29, 0.717) is 6.42 Å². The van der Waals surface area contributed by atoms with Crippen LogP contribution >= 0.6 is 0 Å². The van der Waals surface area contributed by atoms with Crippen molar-refractivity contribution >= 4 is 17.5 Å². The van der Waals surface area contributed by atoms with E-state index in [-0.39, 0.29) is 18.4 Å². The molecule has 0 heterocycles. The van der Waals surface area contributed by atoms with E-state index in [1.807, 2.05) is 32.0 Å². The Labute approximate surface area is 145 Å². The number of hydrogen-bond acceptors (Lipinski definition) is 2. The standard InChI is InChI=1S/C20H30N2O2/c1-15-8-6-9-16(2)20(15)22-19(24)14-21-18(23)13-7-12-17-10-4-3-5-11-17/h6,8-9,17H,3-5,7,10-14H2,1-2H3,(H,21,23)(H,22,24). The molecule has 0 spiro atoms. The van der Waals surface area contributed by atoms with Crippen LogP contribution in [0.25, 0.3) is 0 Å². The summed E-state index contributed by atoms with van der Waals surface area (Å²) in [5.74, 6) is 0.606. The van der Waals surface area contributed by atoms with E-state index in [2.05, 4.69) is 10.6 Å². The number of carbonyl (C=O) groups excluding carboxylic acids is 2. The quantitative estimate of drug-likeness (QED) is 0.790. The number of benzene rings is 1. The molecule has 1 aromatic carbocycles. The second-order valence-corrected chi connectivity index (χ2v) is 6.99. The van der Waals surface area contributed by atoms with Crippen molar-refractivity contribution in [1.82, 2.24) is 5.32 Å². The minimum Gasteiger partial charge on any atom is -0.347 e. The van der Waals surface area contributed by atoms with Crippen molar-refractivity contribution in [3.8, 4) is 0 Å². The number of anilines is 1. The summed E-state index contributed by atoms with van der Waals surface area (Å²) in [5, 5.41) is 5.62. The van der Waals surface area contributed by atoms with Crippen LogP contribution in [0, 0.1) is 19.8 Å². The van der Waals surface area contributed by atoms with Crippen molar-refractivity contribution in [3.63, 3.8) is 0 Å². The smallest absolute Gasteiger partial charge is 0.243 e. The molecule has 2 amide bonds. The fourth-order valence-corrected chi connectivity index (χ4v) is 3.49. The summed E-state index contributed by atoms with van der Waals surface area (Å²) in [6.45, 7) is 3.97. The maximum atomic E-state index is 12.0. The number of rotatable bonds is 7. The van der Waals surface area contributed by atoms with Crippen LogP contribution in [-0.2, 0) is 9.59 Å². The summed E-state index contributed by atoms with van der Waals surface area (Å²) < 4.78 is 0. The van der Waals surface area contributed by atoms with E-state index in [1.54, 1.807) is 0 Å². The molecule has 0 aliphatic heterocycles. The Morgan fingerprint density at radius 2 is 1.71 bits per heavy atom. The number of para-hydroxylation sites is 1. The molecule has 1 aliphatic rings. The van der Waals surface area contributed by atoms with Gasteiger partial charge >= 0.3 is 0 Å². The predicted octanol–water partition coefficient (Wildman–Crippen LogP) is 4.11. The molecule has 0 unspecified atom stereocenters. The van der Waals surface area contributed by atoms with E-state index in [4.69, 9.17) is 0 Å². The lowest BCUT2D eigenvalue weighted by Crippen LogP contribution is -2.33. The summed E-state index contributed by atoms with van der Waals surface area (Å²) in [6, 6.07) is 5.90. The summed E-state index contributed by atoms with van der Waals surface area (Å²) >= 11 is 0. The first-order valence-electron chi connectivity index (χ1n) is 9.19. The third-order valence-corrected chi connectivity index (χ3v) is 4.93. The van der Waals surface area contributed by atoms with Crippen LogP contribution in [0.3, 0.4) is 0 Å². The van der Waals surface area contributed by atoms with Crippen molar-refractivity contribution in [2.24, 2.45) is 5.92 Å². The van der Waals surface area contributed by atoms with Gasteiger partial charge in [-0.3, -0.25) is 9.59 Å². The first-order chi connectivity index (χ1) is 11.6. The first-order valence-corrected chi connectivity index (χ1v) is 9.19. The first kappa shape index (κ1) is 18.5. The topological polar surface area (TPSA) is 58.2 Å². The predicted molar refractivity (Wildman–Crippen MR) is 98.0 cm³/mol. The summed E-state index contributed by atoms with van der Waals surface area (Å²) in [7, 11) is 0. The average Bonchev–Trinajstić information content (AvgIpc) is 2.57. The summed E-state index contributed by atoms with van der Waals surface area (Å²) in [5.41, 5.74) is 2.90. The summed E-state index contributed by atoms with van der Waals surface area (Å²) in [6.07, 6.45) is 9.28.